The van der Waals surface area contributed by atoms with Crippen molar-refractivity contribution in [3.63, 3.8) is 0 Å². The van der Waals surface area contributed by atoms with Gasteiger partial charge in [0.25, 0.3) is 0 Å². The van der Waals surface area contributed by atoms with E-state index < -0.39 is 0 Å². The summed E-state index contributed by atoms with van der Waals surface area (Å²) >= 11 is 7.83. The van der Waals surface area contributed by atoms with Gasteiger partial charge in [0.15, 0.2) is 11.5 Å². The van der Waals surface area contributed by atoms with E-state index in [2.05, 4.69) is 20.8 Å². The molecule has 1 heterocycles. The van der Waals surface area contributed by atoms with Gasteiger partial charge in [-0.25, -0.2) is 0 Å². The van der Waals surface area contributed by atoms with E-state index in [0.29, 0.717) is 23.9 Å². The minimum absolute atomic E-state index is 0. The van der Waals surface area contributed by atoms with Crippen LogP contribution in [0.3, 0.4) is 0 Å². The number of tetrazole rings is 1. The van der Waals surface area contributed by atoms with Crippen molar-refractivity contribution >= 4 is 35.8 Å². The number of methoxy groups -OCH3 is 1. The molecule has 7 nitrogen and oxygen atoms in total. The molecule has 3 rings (SSSR count). The first kappa shape index (κ1) is 24.3. The maximum absolute atomic E-state index is 6.20. The molecule has 30 heavy (non-hydrogen) atoms. The second-order valence-corrected chi connectivity index (χ2v) is 7.62. The molecule has 0 aliphatic rings. The number of nitrogens with one attached hydrogen (secondary N) is 1. The van der Waals surface area contributed by atoms with E-state index in [1.165, 1.54) is 0 Å². The van der Waals surface area contributed by atoms with Gasteiger partial charge in [0, 0.05) is 29.0 Å². The van der Waals surface area contributed by atoms with E-state index in [0.717, 1.165) is 40.9 Å². The van der Waals surface area contributed by atoms with Crippen LogP contribution in [0.15, 0.2) is 47.6 Å². The monoisotopic (exact) mass is 469 g/mol. The third kappa shape index (κ3) is 6.50. The van der Waals surface area contributed by atoms with E-state index in [4.69, 9.17) is 21.1 Å². The van der Waals surface area contributed by atoms with Gasteiger partial charge in [-0.2, -0.15) is 4.68 Å². The zero-order valence-corrected chi connectivity index (χ0v) is 19.3. The molecular formula is C20H25Cl2N5O2S. The lowest BCUT2D eigenvalue weighted by Crippen LogP contribution is -2.16. The number of rotatable bonds is 11. The Hall–Kier alpha value is -2.00. The normalized spacial score (nSPS) is 10.5. The molecule has 2 aromatic carbocycles. The van der Waals surface area contributed by atoms with Crippen LogP contribution in [0.1, 0.15) is 18.9 Å². The molecule has 0 unspecified atom stereocenters. The van der Waals surface area contributed by atoms with Crippen LogP contribution >= 0.6 is 35.8 Å². The molecule has 1 N–H and O–H groups in total. The molecule has 0 spiro atoms. The number of aromatic nitrogens is 4. The van der Waals surface area contributed by atoms with Crippen molar-refractivity contribution in [3.8, 4) is 17.2 Å². The van der Waals surface area contributed by atoms with Gasteiger partial charge in [-0.15, -0.1) is 17.5 Å². The first-order valence-corrected chi connectivity index (χ1v) is 10.8. The molecule has 0 fully saturated rings. The highest BCUT2D eigenvalue weighted by atomic mass is 35.5. The summed E-state index contributed by atoms with van der Waals surface area (Å²) in [5.74, 6) is 2.29. The lowest BCUT2D eigenvalue weighted by molar-refractivity contribution is 0.307. The Kier molecular flexibility index (Phi) is 10.2. The summed E-state index contributed by atoms with van der Waals surface area (Å²) in [6.45, 7) is 4.02. The Morgan fingerprint density at radius 3 is 2.73 bits per heavy atom. The van der Waals surface area contributed by atoms with E-state index in [9.17, 15) is 0 Å². The predicted octanol–water partition coefficient (Wildman–Crippen LogP) is 4.42. The smallest absolute Gasteiger partial charge is 0.214 e. The van der Waals surface area contributed by atoms with Crippen LogP contribution in [0.4, 0.5) is 0 Å². The van der Waals surface area contributed by atoms with Crippen molar-refractivity contribution in [3.05, 3.63) is 53.1 Å². The zero-order chi connectivity index (χ0) is 20.5. The summed E-state index contributed by atoms with van der Waals surface area (Å²) in [6, 6.07) is 13.6. The molecule has 0 saturated heterocycles. The number of thioether (sulfide) groups is 1. The number of ether oxygens (including phenoxy) is 2. The van der Waals surface area contributed by atoms with Crippen LogP contribution < -0.4 is 14.8 Å². The van der Waals surface area contributed by atoms with Crippen molar-refractivity contribution in [2.75, 3.05) is 26.0 Å². The largest absolute Gasteiger partial charge is 0.493 e. The molecule has 162 valence electrons. The van der Waals surface area contributed by atoms with Gasteiger partial charge in [-0.05, 0) is 48.5 Å². The van der Waals surface area contributed by atoms with Gasteiger partial charge in [-0.3, -0.25) is 0 Å². The van der Waals surface area contributed by atoms with E-state index >= 15 is 0 Å². The molecule has 3 aromatic rings. The van der Waals surface area contributed by atoms with Crippen LogP contribution in [0, 0.1) is 0 Å². The van der Waals surface area contributed by atoms with Crippen molar-refractivity contribution < 1.29 is 9.47 Å². The molecule has 0 saturated carbocycles. The summed E-state index contributed by atoms with van der Waals surface area (Å²) < 4.78 is 12.9. The van der Waals surface area contributed by atoms with Crippen LogP contribution in [0.25, 0.3) is 5.69 Å². The van der Waals surface area contributed by atoms with Gasteiger partial charge >= 0.3 is 0 Å². The Morgan fingerprint density at radius 1 is 1.20 bits per heavy atom. The SMILES string of the molecule is CCOc1c(CNCCCSc2nnnn2-c2ccccc2)cc(Cl)cc1OC.Cl. The van der Waals surface area contributed by atoms with Gasteiger partial charge < -0.3 is 14.8 Å². The average Bonchev–Trinajstić information content (AvgIpc) is 3.21. The number of nitrogens with zero attached hydrogens (tertiary/aromatic N) is 4. The molecule has 0 aliphatic carbocycles. The minimum Gasteiger partial charge on any atom is -0.493 e. The summed E-state index contributed by atoms with van der Waals surface area (Å²) in [5.41, 5.74) is 1.94. The topological polar surface area (TPSA) is 74.1 Å². The first-order valence-electron chi connectivity index (χ1n) is 9.39. The highest BCUT2D eigenvalue weighted by Gasteiger charge is 2.12. The van der Waals surface area contributed by atoms with Crippen LogP contribution in [-0.2, 0) is 6.54 Å². The third-order valence-electron chi connectivity index (χ3n) is 4.09. The van der Waals surface area contributed by atoms with E-state index in [1.54, 1.807) is 29.6 Å². The van der Waals surface area contributed by atoms with Crippen molar-refractivity contribution in [2.45, 2.75) is 25.0 Å². The molecule has 0 amide bonds. The molecule has 0 atom stereocenters. The van der Waals surface area contributed by atoms with Crippen molar-refractivity contribution in [1.82, 2.24) is 25.5 Å². The summed E-state index contributed by atoms with van der Waals surface area (Å²) in [4.78, 5) is 0. The van der Waals surface area contributed by atoms with E-state index in [-0.39, 0.29) is 12.4 Å². The van der Waals surface area contributed by atoms with Gasteiger partial charge in [0.05, 0.1) is 19.4 Å². The predicted molar refractivity (Wildman–Crippen MR) is 123 cm³/mol. The molecular weight excluding hydrogens is 445 g/mol. The maximum Gasteiger partial charge on any atom is 0.214 e. The molecule has 0 radical (unpaired) electrons. The Morgan fingerprint density at radius 2 is 2.00 bits per heavy atom. The quantitative estimate of drug-likeness (QED) is 0.329. The fourth-order valence-corrected chi connectivity index (χ4v) is 3.86. The number of halogens is 2. The Bertz CT molecular complexity index is 911. The Balaban J connectivity index is 0.00000320. The lowest BCUT2D eigenvalue weighted by atomic mass is 10.1. The van der Waals surface area contributed by atoms with Crippen LogP contribution in [0.2, 0.25) is 5.02 Å². The maximum atomic E-state index is 6.20. The number of para-hydroxylation sites is 1. The second kappa shape index (κ2) is 12.6. The zero-order valence-electron chi connectivity index (χ0n) is 16.9. The summed E-state index contributed by atoms with van der Waals surface area (Å²) in [5, 5.41) is 16.8. The second-order valence-electron chi connectivity index (χ2n) is 6.12. The average molecular weight is 470 g/mol. The van der Waals surface area contributed by atoms with Gasteiger partial charge in [0.1, 0.15) is 0 Å². The van der Waals surface area contributed by atoms with E-state index in [1.807, 2.05) is 43.3 Å². The third-order valence-corrected chi connectivity index (χ3v) is 5.32. The standard InChI is InChI=1S/C20H24ClN5O2S.ClH/c1-3-28-19-15(12-16(21)13-18(19)27-2)14-22-10-7-11-29-20-23-24-25-26(20)17-8-5-4-6-9-17;/h4-6,8-9,12-13,22H,3,7,10-11,14H2,1-2H3;1H. The summed E-state index contributed by atoms with van der Waals surface area (Å²) in [6.07, 6.45) is 0.966. The molecule has 0 bridgehead atoms. The fourth-order valence-electron chi connectivity index (χ4n) is 2.80. The lowest BCUT2D eigenvalue weighted by Gasteiger charge is -2.15. The number of hydrogen-bond donors (Lipinski definition) is 1. The van der Waals surface area contributed by atoms with Crippen LogP contribution in [-0.4, -0.2) is 46.2 Å². The van der Waals surface area contributed by atoms with Crippen molar-refractivity contribution in [1.29, 1.82) is 0 Å². The summed E-state index contributed by atoms with van der Waals surface area (Å²) in [7, 11) is 1.62. The number of hydrogen-bond acceptors (Lipinski definition) is 7. The first-order chi connectivity index (χ1) is 14.2. The highest BCUT2D eigenvalue weighted by Crippen LogP contribution is 2.34. The fraction of sp³-hybridized carbons (Fsp3) is 0.350. The van der Waals surface area contributed by atoms with Crippen molar-refractivity contribution in [2.24, 2.45) is 0 Å². The molecule has 1 aromatic heterocycles. The minimum atomic E-state index is 0. The van der Waals surface area contributed by atoms with Crippen LogP contribution in [0.5, 0.6) is 11.5 Å². The molecule has 10 heteroatoms. The Labute approximate surface area is 191 Å². The highest BCUT2D eigenvalue weighted by molar-refractivity contribution is 7.99. The van der Waals surface area contributed by atoms with Gasteiger partial charge in [0.2, 0.25) is 5.16 Å². The van der Waals surface area contributed by atoms with Gasteiger partial charge in [-0.1, -0.05) is 41.6 Å². The molecule has 0 aliphatic heterocycles. The number of benzene rings is 2.